The molecule has 1 heterocycles. The first-order valence-corrected chi connectivity index (χ1v) is 6.24. The summed E-state index contributed by atoms with van der Waals surface area (Å²) in [5, 5.41) is 0. The number of pyridine rings is 1. The molecule has 0 unspecified atom stereocenters. The number of rotatable bonds is 2. The van der Waals surface area contributed by atoms with Gasteiger partial charge in [0.2, 0.25) is 0 Å². The lowest BCUT2D eigenvalue weighted by Gasteiger charge is -2.13. The number of aromatic nitrogens is 1. The molecule has 2 nitrogen and oxygen atoms in total. The lowest BCUT2D eigenvalue weighted by Crippen LogP contribution is -2.15. The van der Waals surface area contributed by atoms with Crippen molar-refractivity contribution in [1.82, 2.24) is 4.98 Å². The Morgan fingerprint density at radius 1 is 1.25 bits per heavy atom. The molecule has 1 aliphatic carbocycles. The van der Waals surface area contributed by atoms with Gasteiger partial charge < -0.3 is 0 Å². The quantitative estimate of drug-likeness (QED) is 0.560. The highest BCUT2D eigenvalue weighted by Crippen LogP contribution is 2.26. The second-order valence-electron chi connectivity index (χ2n) is 4.74. The fourth-order valence-corrected chi connectivity index (χ4v) is 2.51. The monoisotopic (exact) mass is 217 g/mol. The van der Waals surface area contributed by atoms with Crippen LogP contribution in [0.2, 0.25) is 0 Å². The van der Waals surface area contributed by atoms with E-state index < -0.39 is 0 Å². The molecule has 2 heteroatoms. The highest BCUT2D eigenvalue weighted by atomic mass is 16.1. The number of carbonyl (C=O) groups is 1. The van der Waals surface area contributed by atoms with Crippen LogP contribution in [0.1, 0.15) is 54.4 Å². The predicted molar refractivity (Wildman–Crippen MR) is 64.5 cm³/mol. The topological polar surface area (TPSA) is 30.0 Å². The Bertz CT molecular complexity index is 365. The van der Waals surface area contributed by atoms with Gasteiger partial charge in [0.25, 0.3) is 0 Å². The first-order valence-electron chi connectivity index (χ1n) is 6.24. The molecule has 0 radical (unpaired) electrons. The molecule has 0 atom stereocenters. The van der Waals surface area contributed by atoms with Crippen LogP contribution in [-0.4, -0.2) is 10.8 Å². The van der Waals surface area contributed by atoms with E-state index in [2.05, 4.69) is 4.98 Å². The van der Waals surface area contributed by atoms with Gasteiger partial charge in [-0.1, -0.05) is 25.7 Å². The predicted octanol–water partition coefficient (Wildman–Crippen LogP) is 3.54. The molecule has 1 aromatic heterocycles. The van der Waals surface area contributed by atoms with Gasteiger partial charge in [0.1, 0.15) is 0 Å². The molecule has 0 aliphatic heterocycles. The van der Waals surface area contributed by atoms with Crippen LogP contribution in [0.25, 0.3) is 0 Å². The second kappa shape index (κ2) is 5.24. The van der Waals surface area contributed by atoms with Crippen LogP contribution in [0.15, 0.2) is 18.5 Å². The van der Waals surface area contributed by atoms with E-state index in [1.165, 1.54) is 25.7 Å². The van der Waals surface area contributed by atoms with Gasteiger partial charge in [-0.2, -0.15) is 0 Å². The summed E-state index contributed by atoms with van der Waals surface area (Å²) >= 11 is 0. The average Bonchev–Trinajstić information content (AvgIpc) is 2.57. The Hall–Kier alpha value is -1.18. The molecule has 1 aromatic rings. The van der Waals surface area contributed by atoms with Crippen molar-refractivity contribution in [3.63, 3.8) is 0 Å². The van der Waals surface area contributed by atoms with Crippen LogP contribution in [-0.2, 0) is 0 Å². The van der Waals surface area contributed by atoms with Crippen LogP contribution >= 0.6 is 0 Å². The van der Waals surface area contributed by atoms with Crippen molar-refractivity contribution in [3.8, 4) is 0 Å². The minimum Gasteiger partial charge on any atom is -0.294 e. The minimum absolute atomic E-state index is 0.253. The zero-order valence-corrected chi connectivity index (χ0v) is 9.91. The van der Waals surface area contributed by atoms with Crippen molar-refractivity contribution >= 4 is 5.78 Å². The fraction of sp³-hybridized carbons (Fsp3) is 0.571. The molecule has 2 rings (SSSR count). The van der Waals surface area contributed by atoms with Gasteiger partial charge in [-0.25, -0.2) is 0 Å². The van der Waals surface area contributed by atoms with Gasteiger partial charge in [0.15, 0.2) is 5.78 Å². The van der Waals surface area contributed by atoms with Crippen LogP contribution in [0.5, 0.6) is 0 Å². The van der Waals surface area contributed by atoms with Gasteiger partial charge in [-0.3, -0.25) is 9.78 Å². The molecule has 1 saturated carbocycles. The van der Waals surface area contributed by atoms with Gasteiger partial charge in [-0.05, 0) is 31.4 Å². The van der Waals surface area contributed by atoms with E-state index in [0.29, 0.717) is 5.78 Å². The number of hydrogen-bond donors (Lipinski definition) is 0. The number of nitrogens with zero attached hydrogens (tertiary/aromatic N) is 1. The highest BCUT2D eigenvalue weighted by molar-refractivity contribution is 5.98. The van der Waals surface area contributed by atoms with Gasteiger partial charge in [0, 0.05) is 23.9 Å². The third-order valence-corrected chi connectivity index (χ3v) is 3.51. The van der Waals surface area contributed by atoms with Gasteiger partial charge in [0.05, 0.1) is 0 Å². The highest BCUT2D eigenvalue weighted by Gasteiger charge is 2.22. The third-order valence-electron chi connectivity index (χ3n) is 3.51. The summed E-state index contributed by atoms with van der Waals surface area (Å²) in [5.74, 6) is 0.588. The lowest BCUT2D eigenvalue weighted by atomic mass is 9.90. The lowest BCUT2D eigenvalue weighted by molar-refractivity contribution is 0.0907. The number of ketones is 1. The average molecular weight is 217 g/mol. The van der Waals surface area contributed by atoms with Gasteiger partial charge in [-0.15, -0.1) is 0 Å². The molecular formula is C14H19NO. The van der Waals surface area contributed by atoms with Gasteiger partial charge >= 0.3 is 0 Å². The number of carbonyl (C=O) groups excluding carboxylic acids is 1. The van der Waals surface area contributed by atoms with Crippen molar-refractivity contribution in [3.05, 3.63) is 29.6 Å². The molecule has 0 aromatic carbocycles. The van der Waals surface area contributed by atoms with Crippen LogP contribution in [0.4, 0.5) is 0 Å². The Kier molecular flexibility index (Phi) is 3.70. The van der Waals surface area contributed by atoms with Crippen molar-refractivity contribution in [1.29, 1.82) is 0 Å². The molecule has 16 heavy (non-hydrogen) atoms. The SMILES string of the molecule is Cc1cnccc1C(=O)C1CCCCCC1. The molecule has 0 amide bonds. The van der Waals surface area contributed by atoms with Crippen molar-refractivity contribution < 1.29 is 4.79 Å². The fourth-order valence-electron chi connectivity index (χ4n) is 2.51. The summed E-state index contributed by atoms with van der Waals surface area (Å²) in [6, 6.07) is 1.86. The largest absolute Gasteiger partial charge is 0.294 e. The van der Waals surface area contributed by atoms with E-state index >= 15 is 0 Å². The zero-order chi connectivity index (χ0) is 11.4. The molecule has 1 fully saturated rings. The number of Topliss-reactive ketones (excluding diaryl/α,β-unsaturated/α-hetero) is 1. The molecule has 1 aliphatic rings. The Labute approximate surface area is 97.1 Å². The van der Waals surface area contributed by atoms with Crippen LogP contribution in [0.3, 0.4) is 0 Å². The van der Waals surface area contributed by atoms with Crippen molar-refractivity contribution in [2.24, 2.45) is 5.92 Å². The summed E-state index contributed by atoms with van der Waals surface area (Å²) in [6.07, 6.45) is 10.6. The molecule has 86 valence electrons. The van der Waals surface area contributed by atoms with E-state index in [9.17, 15) is 4.79 Å². The second-order valence-corrected chi connectivity index (χ2v) is 4.74. The van der Waals surface area contributed by atoms with Crippen molar-refractivity contribution in [2.45, 2.75) is 45.4 Å². The minimum atomic E-state index is 0.253. The molecule has 0 saturated heterocycles. The first kappa shape index (κ1) is 11.3. The van der Waals surface area contributed by atoms with E-state index in [0.717, 1.165) is 24.0 Å². The maximum atomic E-state index is 12.3. The van der Waals surface area contributed by atoms with Crippen molar-refractivity contribution in [2.75, 3.05) is 0 Å². The van der Waals surface area contributed by atoms with Crippen LogP contribution in [0, 0.1) is 12.8 Å². The summed E-state index contributed by atoms with van der Waals surface area (Å²) in [4.78, 5) is 16.4. The first-order chi connectivity index (χ1) is 7.79. The summed E-state index contributed by atoms with van der Waals surface area (Å²) in [7, 11) is 0. The number of hydrogen-bond acceptors (Lipinski definition) is 2. The zero-order valence-electron chi connectivity index (χ0n) is 9.91. The third kappa shape index (κ3) is 2.49. The van der Waals surface area contributed by atoms with E-state index in [4.69, 9.17) is 0 Å². The van der Waals surface area contributed by atoms with E-state index in [-0.39, 0.29) is 5.92 Å². The van der Waals surface area contributed by atoms with E-state index in [1.807, 2.05) is 13.0 Å². The standard InChI is InChI=1S/C14H19NO/c1-11-10-15-9-8-13(11)14(16)12-6-4-2-3-5-7-12/h8-10,12H,2-7H2,1H3. The maximum Gasteiger partial charge on any atom is 0.166 e. The molecule has 0 bridgehead atoms. The summed E-state index contributed by atoms with van der Waals surface area (Å²) in [6.45, 7) is 1.97. The van der Waals surface area contributed by atoms with E-state index in [1.54, 1.807) is 12.4 Å². The normalized spacial score (nSPS) is 18.1. The molecule has 0 spiro atoms. The molecular weight excluding hydrogens is 198 g/mol. The molecule has 0 N–H and O–H groups in total. The Balaban J connectivity index is 2.14. The summed E-state index contributed by atoms with van der Waals surface area (Å²) in [5.41, 5.74) is 1.89. The smallest absolute Gasteiger partial charge is 0.166 e. The number of aryl methyl sites for hydroxylation is 1. The Morgan fingerprint density at radius 2 is 1.94 bits per heavy atom. The Morgan fingerprint density at radius 3 is 2.56 bits per heavy atom. The van der Waals surface area contributed by atoms with Crippen LogP contribution < -0.4 is 0 Å². The summed E-state index contributed by atoms with van der Waals surface area (Å²) < 4.78 is 0. The maximum absolute atomic E-state index is 12.3.